The van der Waals surface area contributed by atoms with Crippen LogP contribution in [0.15, 0.2) is 192 Å². The average Bonchev–Trinajstić information content (AvgIpc) is 3.81. The molecule has 9 aromatic carbocycles. The lowest BCUT2D eigenvalue weighted by atomic mass is 9.99. The molecule has 0 amide bonds. The number of nitrogens with zero attached hydrogens (tertiary/aromatic N) is 1. The smallest absolute Gasteiger partial charge is 0.143 e. The van der Waals surface area contributed by atoms with E-state index in [0.29, 0.717) is 0 Å². The van der Waals surface area contributed by atoms with Crippen LogP contribution in [0.5, 0.6) is 0 Å². The van der Waals surface area contributed by atoms with Crippen molar-refractivity contribution in [2.45, 2.75) is 0 Å². The van der Waals surface area contributed by atoms with Crippen molar-refractivity contribution in [3.63, 3.8) is 0 Å². The van der Waals surface area contributed by atoms with Crippen LogP contribution in [0, 0.1) is 0 Å². The van der Waals surface area contributed by atoms with Crippen molar-refractivity contribution >= 4 is 92.1 Å². The summed E-state index contributed by atoms with van der Waals surface area (Å²) in [6.45, 7) is 0. The molecule has 2 aromatic heterocycles. The first kappa shape index (κ1) is 30.0. The summed E-state index contributed by atoms with van der Waals surface area (Å²) in [5.41, 5.74) is 9.81. The maximum atomic E-state index is 6.71. The molecule has 0 atom stereocenters. The maximum Gasteiger partial charge on any atom is 0.143 e. The molecule has 0 N–H and O–H groups in total. The minimum Gasteiger partial charge on any atom is -0.455 e. The summed E-state index contributed by atoms with van der Waals surface area (Å²) in [6, 6.07) is 68.0. The van der Waals surface area contributed by atoms with Crippen LogP contribution in [-0.4, -0.2) is 0 Å². The highest BCUT2D eigenvalue weighted by Crippen LogP contribution is 2.46. The Labute approximate surface area is 310 Å². The number of furan rings is 1. The molecule has 0 aliphatic rings. The molecule has 0 radical (unpaired) electrons. The van der Waals surface area contributed by atoms with E-state index in [-0.39, 0.29) is 0 Å². The van der Waals surface area contributed by atoms with Crippen LogP contribution in [0.1, 0.15) is 0 Å². The number of fused-ring (bicyclic) bond motifs is 9. The van der Waals surface area contributed by atoms with Gasteiger partial charge >= 0.3 is 0 Å². The van der Waals surface area contributed by atoms with Crippen LogP contribution in [0.4, 0.5) is 17.1 Å². The van der Waals surface area contributed by atoms with E-state index < -0.39 is 0 Å². The van der Waals surface area contributed by atoms with Crippen molar-refractivity contribution in [2.75, 3.05) is 4.90 Å². The Morgan fingerprint density at radius 1 is 0.415 bits per heavy atom. The molecule has 0 bridgehead atoms. The second-order valence-electron chi connectivity index (χ2n) is 13.7. The van der Waals surface area contributed by atoms with Crippen molar-refractivity contribution in [1.29, 1.82) is 0 Å². The zero-order valence-electron chi connectivity index (χ0n) is 28.7. The maximum absolute atomic E-state index is 6.71. The summed E-state index contributed by atoms with van der Waals surface area (Å²) < 4.78 is 9.33. The number of hydrogen-bond acceptors (Lipinski definition) is 3. The molecular weight excluding hydrogens is 663 g/mol. The fourth-order valence-corrected chi connectivity index (χ4v) is 9.37. The zero-order valence-corrected chi connectivity index (χ0v) is 29.5. The van der Waals surface area contributed by atoms with Crippen molar-refractivity contribution < 1.29 is 4.42 Å². The molecule has 3 heteroatoms. The first-order valence-corrected chi connectivity index (χ1v) is 18.8. The Morgan fingerprint density at radius 3 is 1.96 bits per heavy atom. The summed E-state index contributed by atoms with van der Waals surface area (Å²) in [5, 5.41) is 9.58. The van der Waals surface area contributed by atoms with Gasteiger partial charge in [0.1, 0.15) is 11.2 Å². The molecule has 0 unspecified atom stereocenters. The molecule has 11 aromatic rings. The largest absolute Gasteiger partial charge is 0.455 e. The van der Waals surface area contributed by atoms with Gasteiger partial charge in [-0.05, 0) is 93.0 Å². The lowest BCUT2D eigenvalue weighted by Crippen LogP contribution is -2.10. The van der Waals surface area contributed by atoms with E-state index in [4.69, 9.17) is 4.42 Å². The van der Waals surface area contributed by atoms with Gasteiger partial charge in [-0.2, -0.15) is 0 Å². The Hall–Kier alpha value is -6.68. The van der Waals surface area contributed by atoms with Crippen LogP contribution in [0.25, 0.3) is 85.9 Å². The molecule has 0 spiro atoms. The quantitative estimate of drug-likeness (QED) is 0.178. The van der Waals surface area contributed by atoms with Crippen LogP contribution >= 0.6 is 11.3 Å². The summed E-state index contributed by atoms with van der Waals surface area (Å²) in [4.78, 5) is 2.41. The third kappa shape index (κ3) is 4.86. The van der Waals surface area contributed by atoms with E-state index in [2.05, 4.69) is 193 Å². The minimum atomic E-state index is 0.871. The molecule has 0 fully saturated rings. The van der Waals surface area contributed by atoms with E-state index in [1.165, 1.54) is 58.6 Å². The van der Waals surface area contributed by atoms with Crippen LogP contribution in [-0.2, 0) is 0 Å². The van der Waals surface area contributed by atoms with Gasteiger partial charge in [0.2, 0.25) is 0 Å². The normalized spacial score (nSPS) is 11.8. The van der Waals surface area contributed by atoms with Gasteiger partial charge in [0.05, 0.1) is 11.1 Å². The highest BCUT2D eigenvalue weighted by atomic mass is 32.1. The van der Waals surface area contributed by atoms with Gasteiger partial charge in [0.15, 0.2) is 0 Å². The van der Waals surface area contributed by atoms with E-state index in [9.17, 15) is 0 Å². The molecule has 0 aliphatic carbocycles. The molecule has 2 nitrogen and oxygen atoms in total. The summed E-state index contributed by atoms with van der Waals surface area (Å²) in [7, 11) is 0. The minimum absolute atomic E-state index is 0.871. The van der Waals surface area contributed by atoms with Gasteiger partial charge in [-0.25, -0.2) is 0 Å². The fraction of sp³-hybridized carbons (Fsp3) is 0. The number of anilines is 3. The molecule has 2 heterocycles. The molecule has 0 saturated carbocycles. The molecule has 53 heavy (non-hydrogen) atoms. The van der Waals surface area contributed by atoms with Crippen molar-refractivity contribution in [1.82, 2.24) is 0 Å². The lowest BCUT2D eigenvalue weighted by Gasteiger charge is -2.27. The standard InChI is InChI=1S/C50H31NOS/c1-2-13-34-29-36(26-25-32(34)11-1)35-14-7-16-38(30-35)51(45-22-10-23-46-48(45)44-28-27-33-12-3-4-18-40(33)49(44)52-46)39-17-8-15-37(31-39)41-20-9-21-43-42-19-5-6-24-47(42)53-50(41)43/h1-31H. The van der Waals surface area contributed by atoms with Crippen LogP contribution in [0.2, 0.25) is 0 Å². The van der Waals surface area contributed by atoms with E-state index in [1.54, 1.807) is 0 Å². The number of benzene rings is 9. The summed E-state index contributed by atoms with van der Waals surface area (Å²) >= 11 is 1.87. The average molecular weight is 694 g/mol. The van der Waals surface area contributed by atoms with E-state index >= 15 is 0 Å². The Balaban J connectivity index is 1.15. The molecular formula is C50H31NOS. The second-order valence-corrected chi connectivity index (χ2v) is 14.7. The van der Waals surface area contributed by atoms with Crippen LogP contribution in [0.3, 0.4) is 0 Å². The van der Waals surface area contributed by atoms with Crippen LogP contribution < -0.4 is 4.90 Å². The number of rotatable bonds is 5. The first-order valence-electron chi connectivity index (χ1n) is 18.0. The molecule has 0 aliphatic heterocycles. The Kier molecular flexibility index (Phi) is 6.76. The predicted molar refractivity (Wildman–Crippen MR) is 227 cm³/mol. The van der Waals surface area contributed by atoms with Gasteiger partial charge in [0.25, 0.3) is 0 Å². The number of thiophene rings is 1. The molecule has 11 rings (SSSR count). The van der Waals surface area contributed by atoms with Gasteiger partial charge in [-0.3, -0.25) is 0 Å². The van der Waals surface area contributed by atoms with Crippen molar-refractivity contribution in [3.05, 3.63) is 188 Å². The predicted octanol–water partition coefficient (Wildman–Crippen LogP) is 15.1. The molecule has 248 valence electrons. The van der Waals surface area contributed by atoms with E-state index in [0.717, 1.165) is 44.4 Å². The molecule has 0 saturated heterocycles. The lowest BCUT2D eigenvalue weighted by molar-refractivity contribution is 0.672. The van der Waals surface area contributed by atoms with Gasteiger partial charge < -0.3 is 9.32 Å². The third-order valence-corrected chi connectivity index (χ3v) is 11.8. The number of hydrogen-bond donors (Lipinski definition) is 0. The van der Waals surface area contributed by atoms with Gasteiger partial charge in [-0.15, -0.1) is 11.3 Å². The fourth-order valence-electron chi connectivity index (χ4n) is 8.13. The summed E-state index contributed by atoms with van der Waals surface area (Å²) in [5.74, 6) is 0. The van der Waals surface area contributed by atoms with Crippen molar-refractivity contribution in [3.8, 4) is 22.3 Å². The monoisotopic (exact) mass is 693 g/mol. The van der Waals surface area contributed by atoms with Crippen molar-refractivity contribution in [2.24, 2.45) is 0 Å². The Bertz CT molecular complexity index is 3200. The highest BCUT2D eigenvalue weighted by Gasteiger charge is 2.21. The van der Waals surface area contributed by atoms with Gasteiger partial charge in [0, 0.05) is 42.3 Å². The SMILES string of the molecule is c1cc(-c2ccc3ccccc3c2)cc(N(c2cccc(-c3cccc4c3sc3ccccc34)c2)c2cccc3oc4c5ccccc5ccc4c23)c1. The first-order chi connectivity index (χ1) is 26.3. The zero-order chi connectivity index (χ0) is 34.9. The second kappa shape index (κ2) is 11.9. The van der Waals surface area contributed by atoms with E-state index in [1.807, 2.05) is 11.3 Å². The Morgan fingerprint density at radius 2 is 1.08 bits per heavy atom. The summed E-state index contributed by atoms with van der Waals surface area (Å²) in [6.07, 6.45) is 0. The highest BCUT2D eigenvalue weighted by molar-refractivity contribution is 7.26. The third-order valence-electron chi connectivity index (χ3n) is 10.6. The topological polar surface area (TPSA) is 16.4 Å². The van der Waals surface area contributed by atoms with Gasteiger partial charge in [-0.1, -0.05) is 133 Å².